The van der Waals surface area contributed by atoms with Crippen molar-refractivity contribution in [2.75, 3.05) is 20.6 Å². The number of nitrogens with two attached hydrogens (primary N) is 1. The van der Waals surface area contributed by atoms with Crippen molar-refractivity contribution in [3.05, 3.63) is 12.4 Å². The van der Waals surface area contributed by atoms with Gasteiger partial charge in [-0.2, -0.15) is 0 Å². The first-order valence-electron chi connectivity index (χ1n) is 6.25. The fourth-order valence-electron chi connectivity index (χ4n) is 1.81. The fraction of sp³-hybridized carbons (Fsp3) is 0.769. The normalized spacial score (nSPS) is 12.3. The summed E-state index contributed by atoms with van der Waals surface area (Å²) >= 11 is 0. The fourth-order valence-corrected chi connectivity index (χ4v) is 1.81. The van der Waals surface area contributed by atoms with Crippen molar-refractivity contribution in [3.8, 4) is 0 Å². The Bertz CT molecular complexity index is 249. The van der Waals surface area contributed by atoms with E-state index < -0.39 is 0 Å². The number of nitrogens with zero attached hydrogens (tertiary/aromatic N) is 1. The Hall–Kier alpha value is -1.19. The molecule has 17 heavy (non-hydrogen) atoms. The first-order valence-corrected chi connectivity index (χ1v) is 6.25. The van der Waals surface area contributed by atoms with E-state index in [9.17, 15) is 4.79 Å². The molecule has 0 rings (SSSR count). The molecule has 0 fully saturated rings. The van der Waals surface area contributed by atoms with Crippen LogP contribution in [0.4, 0.5) is 0 Å². The highest BCUT2D eigenvalue weighted by molar-refractivity contribution is 5.78. The average Bonchev–Trinajstić information content (AvgIpc) is 2.21. The first-order chi connectivity index (χ1) is 7.86. The Labute approximate surface area is 105 Å². The molecule has 0 aliphatic carbocycles. The number of nitrogens with one attached hydrogen (secondary N) is 1. The van der Waals surface area contributed by atoms with Gasteiger partial charge in [-0.15, -0.1) is 0 Å². The SMILES string of the molecule is C=C(N)NCCCC[C@@H](C(=O)N(C)C)C(C)C. The molecule has 0 heterocycles. The Morgan fingerprint density at radius 2 is 1.94 bits per heavy atom. The third-order valence-corrected chi connectivity index (χ3v) is 2.86. The number of rotatable bonds is 8. The second-order valence-electron chi connectivity index (χ2n) is 5.03. The molecule has 1 amide bonds. The number of amides is 1. The molecule has 0 radical (unpaired) electrons. The van der Waals surface area contributed by atoms with Crippen LogP contribution in [0.15, 0.2) is 12.4 Å². The summed E-state index contributed by atoms with van der Waals surface area (Å²) in [4.78, 5) is 13.6. The van der Waals surface area contributed by atoms with Crippen molar-refractivity contribution in [1.82, 2.24) is 10.2 Å². The van der Waals surface area contributed by atoms with Gasteiger partial charge in [0, 0.05) is 26.6 Å². The van der Waals surface area contributed by atoms with E-state index in [1.165, 1.54) is 0 Å². The lowest BCUT2D eigenvalue weighted by Gasteiger charge is -2.23. The van der Waals surface area contributed by atoms with Crippen molar-refractivity contribution in [2.45, 2.75) is 33.1 Å². The third-order valence-electron chi connectivity index (χ3n) is 2.86. The molecule has 0 unspecified atom stereocenters. The van der Waals surface area contributed by atoms with Gasteiger partial charge in [0.15, 0.2) is 0 Å². The second-order valence-corrected chi connectivity index (χ2v) is 5.03. The monoisotopic (exact) mass is 241 g/mol. The van der Waals surface area contributed by atoms with Gasteiger partial charge in [0.2, 0.25) is 5.91 Å². The summed E-state index contributed by atoms with van der Waals surface area (Å²) in [5, 5.41) is 2.99. The van der Waals surface area contributed by atoms with Crippen LogP contribution in [0.25, 0.3) is 0 Å². The largest absolute Gasteiger partial charge is 0.386 e. The number of carbonyl (C=O) groups excluding carboxylic acids is 1. The molecular formula is C13H27N3O. The molecule has 3 N–H and O–H groups in total. The van der Waals surface area contributed by atoms with Gasteiger partial charge < -0.3 is 16.0 Å². The van der Waals surface area contributed by atoms with Crippen LogP contribution in [0, 0.1) is 11.8 Å². The predicted octanol–water partition coefficient (Wildman–Crippen LogP) is 1.54. The Morgan fingerprint density at radius 3 is 2.35 bits per heavy atom. The number of hydrogen-bond acceptors (Lipinski definition) is 3. The zero-order valence-corrected chi connectivity index (χ0v) is 11.6. The highest BCUT2D eigenvalue weighted by Gasteiger charge is 2.22. The minimum Gasteiger partial charge on any atom is -0.386 e. The molecule has 4 nitrogen and oxygen atoms in total. The molecule has 0 spiro atoms. The molecule has 0 aromatic carbocycles. The van der Waals surface area contributed by atoms with Crippen LogP contribution in [-0.4, -0.2) is 31.4 Å². The summed E-state index contributed by atoms with van der Waals surface area (Å²) in [5.41, 5.74) is 5.40. The predicted molar refractivity (Wildman–Crippen MR) is 72.2 cm³/mol. The molecule has 100 valence electrons. The molecule has 0 aromatic heterocycles. The molecule has 0 bridgehead atoms. The van der Waals surface area contributed by atoms with Crippen LogP contribution < -0.4 is 11.1 Å². The van der Waals surface area contributed by atoms with Gasteiger partial charge in [0.25, 0.3) is 0 Å². The van der Waals surface area contributed by atoms with E-state index in [0.29, 0.717) is 11.7 Å². The van der Waals surface area contributed by atoms with Gasteiger partial charge in [0.1, 0.15) is 0 Å². The molecule has 0 saturated carbocycles. The van der Waals surface area contributed by atoms with Crippen molar-refractivity contribution in [3.63, 3.8) is 0 Å². The van der Waals surface area contributed by atoms with Gasteiger partial charge in [-0.25, -0.2) is 0 Å². The van der Waals surface area contributed by atoms with E-state index in [2.05, 4.69) is 25.7 Å². The zero-order chi connectivity index (χ0) is 13.4. The van der Waals surface area contributed by atoms with Crippen molar-refractivity contribution in [2.24, 2.45) is 17.6 Å². The molecule has 4 heteroatoms. The van der Waals surface area contributed by atoms with Gasteiger partial charge in [-0.3, -0.25) is 4.79 Å². The Morgan fingerprint density at radius 1 is 1.35 bits per heavy atom. The minimum atomic E-state index is 0.131. The summed E-state index contributed by atoms with van der Waals surface area (Å²) in [6, 6.07) is 0. The molecule has 0 aliphatic heterocycles. The topological polar surface area (TPSA) is 58.4 Å². The van der Waals surface area contributed by atoms with Crippen LogP contribution in [0.5, 0.6) is 0 Å². The van der Waals surface area contributed by atoms with Crippen molar-refractivity contribution in [1.29, 1.82) is 0 Å². The second kappa shape index (κ2) is 7.98. The van der Waals surface area contributed by atoms with E-state index in [0.717, 1.165) is 25.8 Å². The van der Waals surface area contributed by atoms with Crippen molar-refractivity contribution >= 4 is 5.91 Å². The lowest BCUT2D eigenvalue weighted by molar-refractivity contribution is -0.134. The van der Waals surface area contributed by atoms with E-state index in [4.69, 9.17) is 5.73 Å². The quantitative estimate of drug-likeness (QED) is 0.634. The maximum absolute atomic E-state index is 11.9. The van der Waals surface area contributed by atoms with Crippen LogP contribution >= 0.6 is 0 Å². The van der Waals surface area contributed by atoms with Crippen LogP contribution in [0.2, 0.25) is 0 Å². The van der Waals surface area contributed by atoms with Crippen LogP contribution in [0.1, 0.15) is 33.1 Å². The average molecular weight is 241 g/mol. The lowest BCUT2D eigenvalue weighted by atomic mass is 9.89. The summed E-state index contributed by atoms with van der Waals surface area (Å²) in [6.07, 6.45) is 2.98. The van der Waals surface area contributed by atoms with Gasteiger partial charge in [-0.1, -0.05) is 26.8 Å². The number of hydrogen-bond donors (Lipinski definition) is 2. The summed E-state index contributed by atoms with van der Waals surface area (Å²) in [7, 11) is 3.63. The standard InChI is InChI=1S/C13H27N3O/c1-10(2)12(13(17)16(4)5)8-6-7-9-15-11(3)14/h10,12,15H,3,6-9,14H2,1-2,4-5H3/t12-/m1/s1. The molecule has 1 atom stereocenters. The summed E-state index contributed by atoms with van der Waals surface area (Å²) < 4.78 is 0. The summed E-state index contributed by atoms with van der Waals surface area (Å²) in [5.74, 6) is 1.26. The highest BCUT2D eigenvalue weighted by Crippen LogP contribution is 2.19. The number of carbonyl (C=O) groups is 1. The maximum atomic E-state index is 11.9. The minimum absolute atomic E-state index is 0.131. The third kappa shape index (κ3) is 6.87. The van der Waals surface area contributed by atoms with E-state index in [1.54, 1.807) is 4.90 Å². The van der Waals surface area contributed by atoms with E-state index in [1.807, 2.05) is 14.1 Å². The van der Waals surface area contributed by atoms with E-state index in [-0.39, 0.29) is 11.8 Å². The zero-order valence-electron chi connectivity index (χ0n) is 11.6. The Kier molecular flexibility index (Phi) is 7.42. The lowest BCUT2D eigenvalue weighted by Crippen LogP contribution is -2.32. The van der Waals surface area contributed by atoms with Crippen LogP contribution in [0.3, 0.4) is 0 Å². The number of unbranched alkanes of at least 4 members (excludes halogenated alkanes) is 1. The molecule has 0 saturated heterocycles. The smallest absolute Gasteiger partial charge is 0.225 e. The van der Waals surface area contributed by atoms with Crippen molar-refractivity contribution < 1.29 is 4.79 Å². The highest BCUT2D eigenvalue weighted by atomic mass is 16.2. The van der Waals surface area contributed by atoms with Gasteiger partial charge in [0.05, 0.1) is 5.82 Å². The molecular weight excluding hydrogens is 214 g/mol. The molecule has 0 aliphatic rings. The first kappa shape index (κ1) is 15.8. The Balaban J connectivity index is 3.94. The van der Waals surface area contributed by atoms with Gasteiger partial charge >= 0.3 is 0 Å². The maximum Gasteiger partial charge on any atom is 0.225 e. The van der Waals surface area contributed by atoms with Crippen LogP contribution in [-0.2, 0) is 4.79 Å². The van der Waals surface area contributed by atoms with Gasteiger partial charge in [-0.05, 0) is 18.8 Å². The molecule has 0 aromatic rings. The summed E-state index contributed by atoms with van der Waals surface area (Å²) in [6.45, 7) is 8.61. The van der Waals surface area contributed by atoms with E-state index >= 15 is 0 Å².